The van der Waals surface area contributed by atoms with Gasteiger partial charge in [-0.3, -0.25) is 0 Å². The highest BCUT2D eigenvalue weighted by Crippen LogP contribution is 2.18. The van der Waals surface area contributed by atoms with Crippen molar-refractivity contribution in [3.8, 4) is 0 Å². The molecule has 0 bridgehead atoms. The Labute approximate surface area is 76.0 Å². The molecule has 3 heteroatoms. The van der Waals surface area contributed by atoms with E-state index in [1.165, 1.54) is 0 Å². The van der Waals surface area contributed by atoms with E-state index >= 15 is 0 Å². The van der Waals surface area contributed by atoms with E-state index in [9.17, 15) is 13.9 Å². The molecule has 0 aliphatic heterocycles. The van der Waals surface area contributed by atoms with Crippen LogP contribution in [0.25, 0.3) is 0 Å². The van der Waals surface area contributed by atoms with Crippen molar-refractivity contribution in [1.29, 1.82) is 0 Å². The number of hydrogen-bond acceptors (Lipinski definition) is 0. The molecule has 13 heavy (non-hydrogen) atoms. The van der Waals surface area contributed by atoms with Crippen LogP contribution in [0, 0.1) is 0 Å². The quantitative estimate of drug-likeness (QED) is 0.687. The molecular formula is C10H11F2O. The van der Waals surface area contributed by atoms with Crippen LogP contribution in [-0.4, -0.2) is 6.11 Å². The molecule has 0 fully saturated rings. The summed E-state index contributed by atoms with van der Waals surface area (Å²) < 4.78 is 23.7. The van der Waals surface area contributed by atoms with Gasteiger partial charge >= 0.3 is 6.11 Å². The van der Waals surface area contributed by atoms with Gasteiger partial charge in [-0.15, -0.1) is 0 Å². The van der Waals surface area contributed by atoms with E-state index in [2.05, 4.69) is 0 Å². The lowest BCUT2D eigenvalue weighted by molar-refractivity contribution is -0.245. The first-order valence-corrected chi connectivity index (χ1v) is 4.20. The second kappa shape index (κ2) is 4.33. The minimum absolute atomic E-state index is 0.237. The van der Waals surface area contributed by atoms with E-state index < -0.39 is 12.5 Å². The van der Waals surface area contributed by atoms with Crippen molar-refractivity contribution in [3.63, 3.8) is 0 Å². The molecule has 0 N–H and O–H groups in total. The number of rotatable bonds is 4. The number of aryl methyl sites for hydroxylation is 1. The van der Waals surface area contributed by atoms with Gasteiger partial charge in [-0.2, -0.15) is 13.9 Å². The molecule has 0 heterocycles. The number of halogens is 2. The van der Waals surface area contributed by atoms with Crippen molar-refractivity contribution < 1.29 is 13.9 Å². The van der Waals surface area contributed by atoms with Crippen LogP contribution in [0.3, 0.4) is 0 Å². The minimum Gasteiger partial charge on any atom is -0.173 e. The van der Waals surface area contributed by atoms with Crippen LogP contribution in [0.5, 0.6) is 0 Å². The molecule has 0 atom stereocenters. The highest BCUT2D eigenvalue weighted by Gasteiger charge is 2.25. The summed E-state index contributed by atoms with van der Waals surface area (Å²) in [5.74, 6) is 0. The third kappa shape index (κ3) is 4.58. The molecule has 0 amide bonds. The van der Waals surface area contributed by atoms with Crippen LogP contribution in [0.1, 0.15) is 18.4 Å². The predicted octanol–water partition coefficient (Wildman–Crippen LogP) is 3.03. The van der Waals surface area contributed by atoms with Crippen LogP contribution < -0.4 is 0 Å². The Hall–Kier alpha value is -0.960. The van der Waals surface area contributed by atoms with Crippen molar-refractivity contribution in [2.45, 2.75) is 25.4 Å². The lowest BCUT2D eigenvalue weighted by Gasteiger charge is -2.05. The van der Waals surface area contributed by atoms with Crippen molar-refractivity contribution >= 4 is 0 Å². The molecule has 0 aliphatic carbocycles. The SMILES string of the molecule is [O]C(F)(F)CCCc1ccccc1. The smallest absolute Gasteiger partial charge is 0.173 e. The first-order chi connectivity index (χ1) is 6.08. The first-order valence-electron chi connectivity index (χ1n) is 4.20. The third-order valence-corrected chi connectivity index (χ3v) is 1.78. The van der Waals surface area contributed by atoms with Gasteiger partial charge in [0, 0.05) is 6.42 Å². The average molecular weight is 185 g/mol. The highest BCUT2D eigenvalue weighted by molar-refractivity contribution is 5.14. The number of benzene rings is 1. The highest BCUT2D eigenvalue weighted by atomic mass is 19.3. The summed E-state index contributed by atoms with van der Waals surface area (Å²) in [5.41, 5.74) is 0.992. The zero-order chi connectivity index (χ0) is 9.73. The van der Waals surface area contributed by atoms with Gasteiger partial charge in [-0.1, -0.05) is 30.3 Å². The lowest BCUT2D eigenvalue weighted by Crippen LogP contribution is -2.11. The van der Waals surface area contributed by atoms with Gasteiger partial charge in [0.25, 0.3) is 0 Å². The molecule has 1 aromatic carbocycles. The Morgan fingerprint density at radius 1 is 1.15 bits per heavy atom. The Morgan fingerprint density at radius 2 is 1.77 bits per heavy atom. The minimum atomic E-state index is -3.77. The number of hydrogen-bond donors (Lipinski definition) is 0. The zero-order valence-corrected chi connectivity index (χ0v) is 7.17. The van der Waals surface area contributed by atoms with E-state index in [4.69, 9.17) is 0 Å². The molecule has 71 valence electrons. The largest absolute Gasteiger partial charge is 0.381 e. The van der Waals surface area contributed by atoms with Crippen molar-refractivity contribution in [2.75, 3.05) is 0 Å². The summed E-state index contributed by atoms with van der Waals surface area (Å²) in [6.45, 7) is 0. The molecule has 1 nitrogen and oxygen atoms in total. The molecule has 0 saturated carbocycles. The van der Waals surface area contributed by atoms with Crippen LogP contribution in [0.15, 0.2) is 30.3 Å². The van der Waals surface area contributed by atoms with E-state index in [0.717, 1.165) is 5.56 Å². The normalized spacial score (nSPS) is 11.6. The third-order valence-electron chi connectivity index (χ3n) is 1.78. The first kappa shape index (κ1) is 10.1. The van der Waals surface area contributed by atoms with Crippen LogP contribution in [0.2, 0.25) is 0 Å². The summed E-state index contributed by atoms with van der Waals surface area (Å²) in [6.07, 6.45) is -3.57. The molecule has 0 saturated heterocycles. The maximum absolute atomic E-state index is 11.9. The fraction of sp³-hybridized carbons (Fsp3) is 0.400. The maximum Gasteiger partial charge on any atom is 0.381 e. The monoisotopic (exact) mass is 185 g/mol. The molecule has 1 radical (unpaired) electrons. The summed E-state index contributed by atoms with van der Waals surface area (Å²) in [7, 11) is 0. The van der Waals surface area contributed by atoms with Gasteiger partial charge in [0.15, 0.2) is 0 Å². The van der Waals surface area contributed by atoms with Crippen LogP contribution in [-0.2, 0) is 11.5 Å². The molecule has 1 aromatic rings. The van der Waals surface area contributed by atoms with E-state index in [1.54, 1.807) is 0 Å². The van der Waals surface area contributed by atoms with E-state index in [0.29, 0.717) is 6.42 Å². The van der Waals surface area contributed by atoms with Gasteiger partial charge in [-0.05, 0) is 18.4 Å². The van der Waals surface area contributed by atoms with Crippen molar-refractivity contribution in [1.82, 2.24) is 0 Å². The van der Waals surface area contributed by atoms with Gasteiger partial charge in [0.1, 0.15) is 0 Å². The summed E-state index contributed by atoms with van der Waals surface area (Å²) >= 11 is 0. The van der Waals surface area contributed by atoms with Gasteiger partial charge in [0.05, 0.1) is 0 Å². The fourth-order valence-electron chi connectivity index (χ4n) is 1.14. The molecule has 0 unspecified atom stereocenters. The van der Waals surface area contributed by atoms with Gasteiger partial charge < -0.3 is 0 Å². The predicted molar refractivity (Wildman–Crippen MR) is 45.0 cm³/mol. The summed E-state index contributed by atoms with van der Waals surface area (Å²) in [6, 6.07) is 9.30. The summed E-state index contributed by atoms with van der Waals surface area (Å²) in [4.78, 5) is 0. The standard InChI is InChI=1S/C10H11F2O/c11-10(12,13)8-4-7-9-5-2-1-3-6-9/h1-3,5-6H,4,7-8H2. The molecular weight excluding hydrogens is 174 g/mol. The Morgan fingerprint density at radius 3 is 2.31 bits per heavy atom. The van der Waals surface area contributed by atoms with Crippen LogP contribution >= 0.6 is 0 Å². The fourth-order valence-corrected chi connectivity index (χ4v) is 1.14. The van der Waals surface area contributed by atoms with E-state index in [-0.39, 0.29) is 6.42 Å². The second-order valence-corrected chi connectivity index (χ2v) is 2.98. The average Bonchev–Trinajstić information content (AvgIpc) is 2.04. The Kier molecular flexibility index (Phi) is 3.37. The molecule has 1 rings (SSSR count). The van der Waals surface area contributed by atoms with Crippen LogP contribution in [0.4, 0.5) is 8.78 Å². The molecule has 0 aromatic heterocycles. The van der Waals surface area contributed by atoms with Crippen molar-refractivity contribution in [3.05, 3.63) is 35.9 Å². The van der Waals surface area contributed by atoms with Crippen molar-refractivity contribution in [2.24, 2.45) is 0 Å². The lowest BCUT2D eigenvalue weighted by atomic mass is 10.1. The van der Waals surface area contributed by atoms with E-state index in [1.807, 2.05) is 30.3 Å². The Balaban J connectivity index is 2.29. The zero-order valence-electron chi connectivity index (χ0n) is 7.17. The number of alkyl halides is 2. The van der Waals surface area contributed by atoms with Gasteiger partial charge in [0.2, 0.25) is 0 Å². The van der Waals surface area contributed by atoms with Gasteiger partial charge in [-0.25, -0.2) is 0 Å². The second-order valence-electron chi connectivity index (χ2n) is 2.98. The molecule has 0 aliphatic rings. The maximum atomic E-state index is 11.9. The summed E-state index contributed by atoms with van der Waals surface area (Å²) in [5, 5.41) is 9.96. The Bertz CT molecular complexity index is 241. The molecule has 0 spiro atoms. The topological polar surface area (TPSA) is 19.9 Å².